The molecule has 8 heteroatoms. The third-order valence-corrected chi connectivity index (χ3v) is 5.39. The molecule has 162 valence electrons. The summed E-state index contributed by atoms with van der Waals surface area (Å²) < 4.78 is 0. The van der Waals surface area contributed by atoms with Crippen molar-refractivity contribution in [3.8, 4) is 0 Å². The van der Waals surface area contributed by atoms with E-state index >= 15 is 0 Å². The van der Waals surface area contributed by atoms with E-state index in [0.29, 0.717) is 16.9 Å². The van der Waals surface area contributed by atoms with Crippen LogP contribution >= 0.6 is 0 Å². The number of benzene rings is 3. The molecular formula is C24H22N4O4. The zero-order chi connectivity index (χ0) is 22.9. The zero-order valence-electron chi connectivity index (χ0n) is 17.6. The van der Waals surface area contributed by atoms with Crippen LogP contribution in [-0.4, -0.2) is 35.2 Å². The lowest BCUT2D eigenvalue weighted by Crippen LogP contribution is -2.42. The maximum absolute atomic E-state index is 13.1. The summed E-state index contributed by atoms with van der Waals surface area (Å²) in [6.45, 7) is 2.62. The number of hydrogen-bond acceptors (Lipinski definition) is 4. The number of fused-ring (bicyclic) bond motifs is 1. The third kappa shape index (κ3) is 4.02. The molecule has 0 aromatic heterocycles. The molecule has 1 aliphatic rings. The Bertz CT molecular complexity index is 1240. The zero-order valence-corrected chi connectivity index (χ0v) is 17.6. The Labute approximate surface area is 184 Å². The third-order valence-electron chi connectivity index (χ3n) is 5.39. The Morgan fingerprint density at radius 2 is 1.53 bits per heavy atom. The number of carbonyl (C=O) groups excluding carboxylic acids is 4. The highest BCUT2D eigenvalue weighted by Crippen LogP contribution is 2.31. The van der Waals surface area contributed by atoms with Crippen LogP contribution in [0.5, 0.6) is 0 Å². The first-order valence-corrected chi connectivity index (χ1v) is 10.1. The van der Waals surface area contributed by atoms with Crippen molar-refractivity contribution in [2.75, 3.05) is 17.2 Å². The minimum atomic E-state index is -1.26. The molecule has 3 aromatic carbocycles. The van der Waals surface area contributed by atoms with Crippen LogP contribution in [0.3, 0.4) is 0 Å². The number of urea groups is 1. The maximum atomic E-state index is 13.1. The van der Waals surface area contributed by atoms with Crippen LogP contribution in [0.25, 0.3) is 10.8 Å². The highest BCUT2D eigenvalue weighted by molar-refractivity contribution is 6.10. The molecule has 0 saturated carbocycles. The van der Waals surface area contributed by atoms with E-state index in [9.17, 15) is 19.2 Å². The highest BCUT2D eigenvalue weighted by Gasteiger charge is 2.49. The summed E-state index contributed by atoms with van der Waals surface area (Å²) in [6, 6.07) is 19.2. The Hall–Kier alpha value is -4.20. The van der Waals surface area contributed by atoms with E-state index < -0.39 is 29.9 Å². The fourth-order valence-corrected chi connectivity index (χ4v) is 3.72. The maximum Gasteiger partial charge on any atom is 0.325 e. The molecule has 32 heavy (non-hydrogen) atoms. The SMILES string of the molecule is CC(=O)Nc1ccc(NC(=O)CN2C(=O)N[C@](C)(c3ccc4ccccc4c3)C2=O)cc1. The average Bonchev–Trinajstić information content (AvgIpc) is 2.98. The van der Waals surface area contributed by atoms with Gasteiger partial charge in [-0.15, -0.1) is 0 Å². The number of amides is 5. The number of hydrogen-bond donors (Lipinski definition) is 3. The first-order valence-electron chi connectivity index (χ1n) is 10.1. The van der Waals surface area contributed by atoms with Gasteiger partial charge in [0.2, 0.25) is 11.8 Å². The molecule has 1 fully saturated rings. The average molecular weight is 430 g/mol. The molecule has 1 aliphatic heterocycles. The molecule has 0 bridgehead atoms. The van der Waals surface area contributed by atoms with Crippen molar-refractivity contribution in [2.24, 2.45) is 0 Å². The Morgan fingerprint density at radius 3 is 2.19 bits per heavy atom. The second-order valence-corrected chi connectivity index (χ2v) is 7.82. The van der Waals surface area contributed by atoms with Crippen LogP contribution in [-0.2, 0) is 19.9 Å². The van der Waals surface area contributed by atoms with E-state index in [1.807, 2.05) is 36.4 Å². The topological polar surface area (TPSA) is 108 Å². The summed E-state index contributed by atoms with van der Waals surface area (Å²) in [5.41, 5.74) is 0.455. The molecule has 0 spiro atoms. The van der Waals surface area contributed by atoms with Crippen LogP contribution in [0.4, 0.5) is 16.2 Å². The summed E-state index contributed by atoms with van der Waals surface area (Å²) in [6.07, 6.45) is 0. The minimum Gasteiger partial charge on any atom is -0.326 e. The molecule has 3 aromatic rings. The van der Waals surface area contributed by atoms with E-state index in [1.165, 1.54) is 6.92 Å². The summed E-state index contributed by atoms with van der Waals surface area (Å²) in [5, 5.41) is 9.99. The van der Waals surface area contributed by atoms with Crippen molar-refractivity contribution >= 4 is 45.9 Å². The van der Waals surface area contributed by atoms with Gasteiger partial charge in [0.05, 0.1) is 0 Å². The number of nitrogens with one attached hydrogen (secondary N) is 3. The summed E-state index contributed by atoms with van der Waals surface area (Å²) in [4.78, 5) is 50.2. The normalized spacial score (nSPS) is 17.9. The lowest BCUT2D eigenvalue weighted by Gasteiger charge is -2.22. The largest absolute Gasteiger partial charge is 0.326 e. The first kappa shape index (κ1) is 21.0. The monoisotopic (exact) mass is 430 g/mol. The summed E-state index contributed by atoms with van der Waals surface area (Å²) >= 11 is 0. The van der Waals surface area contributed by atoms with Gasteiger partial charge in [-0.25, -0.2) is 4.79 Å². The second-order valence-electron chi connectivity index (χ2n) is 7.82. The lowest BCUT2D eigenvalue weighted by atomic mass is 9.90. The molecule has 0 radical (unpaired) electrons. The van der Waals surface area contributed by atoms with Gasteiger partial charge in [-0.2, -0.15) is 0 Å². The highest BCUT2D eigenvalue weighted by atomic mass is 16.2. The number of carbonyl (C=O) groups is 4. The molecule has 4 rings (SSSR count). The minimum absolute atomic E-state index is 0.199. The van der Waals surface area contributed by atoms with Gasteiger partial charge >= 0.3 is 6.03 Å². The first-order chi connectivity index (χ1) is 15.3. The summed E-state index contributed by atoms with van der Waals surface area (Å²) in [7, 11) is 0. The van der Waals surface area contributed by atoms with E-state index in [2.05, 4.69) is 16.0 Å². The molecule has 1 heterocycles. The standard InChI is InChI=1S/C24H22N4O4/c1-15(29)25-19-9-11-20(12-10-19)26-21(30)14-28-22(31)24(2,27-23(28)32)18-8-7-16-5-3-4-6-17(16)13-18/h3-13H,14H2,1-2H3,(H,25,29)(H,26,30)(H,27,32)/t24-/m1/s1. The van der Waals surface area contributed by atoms with E-state index in [-0.39, 0.29) is 5.91 Å². The number of imide groups is 1. The summed E-state index contributed by atoms with van der Waals surface area (Å²) in [5.74, 6) is -1.20. The van der Waals surface area contributed by atoms with E-state index in [1.54, 1.807) is 37.3 Å². The molecule has 0 aliphatic carbocycles. The predicted molar refractivity (Wildman–Crippen MR) is 121 cm³/mol. The number of rotatable bonds is 5. The van der Waals surface area contributed by atoms with Crippen molar-refractivity contribution in [1.82, 2.24) is 10.2 Å². The molecule has 0 unspecified atom stereocenters. The molecule has 1 saturated heterocycles. The fraction of sp³-hybridized carbons (Fsp3) is 0.167. The van der Waals surface area contributed by atoms with Crippen LogP contribution in [0.1, 0.15) is 19.4 Å². The Morgan fingerprint density at radius 1 is 0.906 bits per heavy atom. The second kappa shape index (κ2) is 8.14. The predicted octanol–water partition coefficient (Wildman–Crippen LogP) is 3.20. The van der Waals surface area contributed by atoms with E-state index in [4.69, 9.17) is 0 Å². The molecule has 8 nitrogen and oxygen atoms in total. The molecular weight excluding hydrogens is 408 g/mol. The van der Waals surface area contributed by atoms with Crippen LogP contribution in [0.15, 0.2) is 66.7 Å². The van der Waals surface area contributed by atoms with Crippen LogP contribution in [0.2, 0.25) is 0 Å². The number of anilines is 2. The van der Waals surface area contributed by atoms with Gasteiger partial charge in [-0.3, -0.25) is 19.3 Å². The van der Waals surface area contributed by atoms with Crippen molar-refractivity contribution in [1.29, 1.82) is 0 Å². The van der Waals surface area contributed by atoms with Crippen molar-refractivity contribution < 1.29 is 19.2 Å². The van der Waals surface area contributed by atoms with Gasteiger partial charge < -0.3 is 16.0 Å². The smallest absolute Gasteiger partial charge is 0.325 e. The molecule has 5 amide bonds. The fourth-order valence-electron chi connectivity index (χ4n) is 3.72. The van der Waals surface area contributed by atoms with Gasteiger partial charge in [-0.05, 0) is 53.6 Å². The van der Waals surface area contributed by atoms with E-state index in [0.717, 1.165) is 15.7 Å². The van der Waals surface area contributed by atoms with Crippen molar-refractivity contribution in [3.63, 3.8) is 0 Å². The van der Waals surface area contributed by atoms with Crippen molar-refractivity contribution in [3.05, 3.63) is 72.3 Å². The Kier molecular flexibility index (Phi) is 5.36. The van der Waals surface area contributed by atoms with Crippen molar-refractivity contribution in [2.45, 2.75) is 19.4 Å². The molecule has 1 atom stereocenters. The quantitative estimate of drug-likeness (QED) is 0.540. The van der Waals surface area contributed by atoms with Gasteiger partial charge in [0.1, 0.15) is 12.1 Å². The van der Waals surface area contributed by atoms with Gasteiger partial charge in [0, 0.05) is 18.3 Å². The Balaban J connectivity index is 1.47. The molecule has 3 N–H and O–H groups in total. The van der Waals surface area contributed by atoms with Crippen LogP contribution in [0, 0.1) is 0 Å². The number of nitrogens with zero attached hydrogens (tertiary/aromatic N) is 1. The van der Waals surface area contributed by atoms with Gasteiger partial charge in [0.15, 0.2) is 0 Å². The van der Waals surface area contributed by atoms with Gasteiger partial charge in [-0.1, -0.05) is 36.4 Å². The van der Waals surface area contributed by atoms with Gasteiger partial charge in [0.25, 0.3) is 5.91 Å². The lowest BCUT2D eigenvalue weighted by molar-refractivity contribution is -0.133. The van der Waals surface area contributed by atoms with Crippen LogP contribution < -0.4 is 16.0 Å².